The molecule has 1 atom stereocenters. The van der Waals surface area contributed by atoms with Crippen LogP contribution in [0.15, 0.2) is 41.1 Å². The minimum Gasteiger partial charge on any atom is -0.491 e. The van der Waals surface area contributed by atoms with Crippen molar-refractivity contribution in [2.75, 3.05) is 0 Å². The summed E-state index contributed by atoms with van der Waals surface area (Å²) in [5.74, 6) is 6.57. The van der Waals surface area contributed by atoms with Crippen molar-refractivity contribution in [3.05, 3.63) is 52.2 Å². The van der Waals surface area contributed by atoms with E-state index in [0.29, 0.717) is 0 Å². The predicted molar refractivity (Wildman–Crippen MR) is 80.3 cm³/mol. The highest BCUT2D eigenvalue weighted by molar-refractivity contribution is 7.07. The normalized spacial score (nSPS) is 12.6. The Hall–Kier alpha value is -1.36. The number of rotatable bonds is 6. The summed E-state index contributed by atoms with van der Waals surface area (Å²) in [5, 5.41) is 4.24. The van der Waals surface area contributed by atoms with E-state index in [1.165, 1.54) is 5.56 Å². The van der Waals surface area contributed by atoms with E-state index < -0.39 is 0 Å². The predicted octanol–water partition coefficient (Wildman–Crippen LogP) is 3.28. The third-order valence-electron chi connectivity index (χ3n) is 2.85. The molecule has 102 valence electrons. The van der Waals surface area contributed by atoms with Gasteiger partial charge < -0.3 is 4.74 Å². The monoisotopic (exact) mass is 276 g/mol. The van der Waals surface area contributed by atoms with Crippen molar-refractivity contribution in [1.82, 2.24) is 5.43 Å². The Balaban J connectivity index is 2.13. The Morgan fingerprint density at radius 1 is 1.32 bits per heavy atom. The molecule has 4 heteroatoms. The average molecular weight is 276 g/mol. The lowest BCUT2D eigenvalue weighted by Gasteiger charge is -2.17. The number of ether oxygens (including phenoxy) is 1. The first-order chi connectivity index (χ1) is 9.19. The van der Waals surface area contributed by atoms with Crippen LogP contribution in [0.1, 0.15) is 31.0 Å². The zero-order valence-corrected chi connectivity index (χ0v) is 12.1. The van der Waals surface area contributed by atoms with Crippen molar-refractivity contribution in [1.29, 1.82) is 0 Å². The molecule has 0 aliphatic carbocycles. The van der Waals surface area contributed by atoms with Gasteiger partial charge in [0, 0.05) is 0 Å². The van der Waals surface area contributed by atoms with Gasteiger partial charge in [0.2, 0.25) is 0 Å². The molecule has 1 aromatic carbocycles. The molecule has 2 rings (SSSR count). The number of nitrogens with two attached hydrogens (primary N) is 1. The first-order valence-corrected chi connectivity index (χ1v) is 7.37. The van der Waals surface area contributed by atoms with Gasteiger partial charge in [-0.25, -0.2) is 0 Å². The van der Waals surface area contributed by atoms with E-state index >= 15 is 0 Å². The van der Waals surface area contributed by atoms with Crippen LogP contribution in [0, 0.1) is 0 Å². The largest absolute Gasteiger partial charge is 0.491 e. The third kappa shape index (κ3) is 4.06. The zero-order chi connectivity index (χ0) is 13.7. The van der Waals surface area contributed by atoms with Crippen molar-refractivity contribution < 1.29 is 4.74 Å². The number of benzene rings is 1. The molecule has 19 heavy (non-hydrogen) atoms. The molecule has 2 aromatic rings. The van der Waals surface area contributed by atoms with Gasteiger partial charge >= 0.3 is 0 Å². The van der Waals surface area contributed by atoms with E-state index in [1.54, 1.807) is 11.3 Å². The van der Waals surface area contributed by atoms with Crippen LogP contribution in [-0.4, -0.2) is 6.10 Å². The molecule has 0 radical (unpaired) electrons. The Bertz CT molecular complexity index is 497. The number of hydrazine groups is 1. The highest BCUT2D eigenvalue weighted by Gasteiger charge is 2.12. The summed E-state index contributed by atoms with van der Waals surface area (Å²) in [4.78, 5) is 0. The maximum atomic E-state index is 5.72. The van der Waals surface area contributed by atoms with Crippen molar-refractivity contribution in [2.45, 2.75) is 32.4 Å². The zero-order valence-electron chi connectivity index (χ0n) is 11.3. The molecule has 1 aromatic heterocycles. The van der Waals surface area contributed by atoms with Crippen LogP contribution >= 0.6 is 11.3 Å². The summed E-state index contributed by atoms with van der Waals surface area (Å²) in [7, 11) is 0. The Kier molecular flexibility index (Phi) is 4.96. The van der Waals surface area contributed by atoms with E-state index in [0.717, 1.165) is 17.7 Å². The van der Waals surface area contributed by atoms with Gasteiger partial charge in [-0.1, -0.05) is 12.1 Å². The molecular weight excluding hydrogens is 256 g/mol. The quantitative estimate of drug-likeness (QED) is 0.629. The standard InChI is InChI=1S/C15H20N2OS/c1-11(2)18-14-5-3-4-13(9-14)15(17-16)8-12-6-7-19-10-12/h3-7,9-11,15,17H,8,16H2,1-2H3. The minimum absolute atomic E-state index is 0.102. The van der Waals surface area contributed by atoms with Crippen molar-refractivity contribution in [3.8, 4) is 5.75 Å². The third-order valence-corrected chi connectivity index (χ3v) is 3.59. The van der Waals surface area contributed by atoms with Gasteiger partial charge in [0.1, 0.15) is 5.75 Å². The van der Waals surface area contributed by atoms with Crippen LogP contribution in [0.4, 0.5) is 0 Å². The number of thiophene rings is 1. The Labute approximate surface area is 118 Å². The van der Waals surface area contributed by atoms with Gasteiger partial charge in [-0.3, -0.25) is 11.3 Å². The average Bonchev–Trinajstić information content (AvgIpc) is 2.88. The summed E-state index contributed by atoms with van der Waals surface area (Å²) in [6.45, 7) is 4.05. The molecule has 1 unspecified atom stereocenters. The summed E-state index contributed by atoms with van der Waals surface area (Å²) in [5.41, 5.74) is 5.33. The second kappa shape index (κ2) is 6.70. The molecule has 0 saturated heterocycles. The molecule has 0 amide bonds. The molecule has 1 heterocycles. The fourth-order valence-electron chi connectivity index (χ4n) is 1.99. The molecule has 0 aliphatic rings. The summed E-state index contributed by atoms with van der Waals surface area (Å²) in [6, 6.07) is 10.3. The van der Waals surface area contributed by atoms with Gasteiger partial charge in [0.05, 0.1) is 12.1 Å². The fraction of sp³-hybridized carbons (Fsp3) is 0.333. The van der Waals surface area contributed by atoms with Gasteiger partial charge in [-0.15, -0.1) is 0 Å². The first kappa shape index (κ1) is 14.1. The van der Waals surface area contributed by atoms with Crippen molar-refractivity contribution in [3.63, 3.8) is 0 Å². The van der Waals surface area contributed by atoms with Crippen molar-refractivity contribution >= 4 is 11.3 Å². The van der Waals surface area contributed by atoms with E-state index in [1.807, 2.05) is 26.0 Å². The number of hydrogen-bond donors (Lipinski definition) is 2. The van der Waals surface area contributed by atoms with Crippen molar-refractivity contribution in [2.24, 2.45) is 5.84 Å². The second-order valence-corrected chi connectivity index (χ2v) is 5.57. The van der Waals surface area contributed by atoms with E-state index in [-0.39, 0.29) is 12.1 Å². The summed E-state index contributed by atoms with van der Waals surface area (Å²) in [6.07, 6.45) is 1.06. The van der Waals surface area contributed by atoms with Crippen LogP contribution < -0.4 is 16.0 Å². The van der Waals surface area contributed by atoms with Gasteiger partial charge in [-0.2, -0.15) is 11.3 Å². The van der Waals surface area contributed by atoms with Crippen LogP contribution in [0.5, 0.6) is 5.75 Å². The Morgan fingerprint density at radius 3 is 2.79 bits per heavy atom. The lowest BCUT2D eigenvalue weighted by atomic mass is 10.0. The van der Waals surface area contributed by atoms with Crippen LogP contribution in [0.2, 0.25) is 0 Å². The smallest absolute Gasteiger partial charge is 0.120 e. The maximum Gasteiger partial charge on any atom is 0.120 e. The molecule has 0 saturated carbocycles. The second-order valence-electron chi connectivity index (χ2n) is 4.79. The molecular formula is C15H20N2OS. The minimum atomic E-state index is 0.102. The lowest BCUT2D eigenvalue weighted by Crippen LogP contribution is -2.29. The molecule has 3 N–H and O–H groups in total. The Morgan fingerprint density at radius 2 is 2.16 bits per heavy atom. The SMILES string of the molecule is CC(C)Oc1cccc(C(Cc2ccsc2)NN)c1. The first-order valence-electron chi connectivity index (χ1n) is 6.43. The summed E-state index contributed by atoms with van der Waals surface area (Å²) >= 11 is 1.71. The van der Waals surface area contributed by atoms with Crippen LogP contribution in [-0.2, 0) is 6.42 Å². The van der Waals surface area contributed by atoms with Gasteiger partial charge in [0.25, 0.3) is 0 Å². The van der Waals surface area contributed by atoms with Gasteiger partial charge in [0.15, 0.2) is 0 Å². The highest BCUT2D eigenvalue weighted by atomic mass is 32.1. The number of nitrogens with one attached hydrogen (secondary N) is 1. The van der Waals surface area contributed by atoms with Crippen LogP contribution in [0.25, 0.3) is 0 Å². The fourth-order valence-corrected chi connectivity index (χ4v) is 2.68. The molecule has 0 fully saturated rings. The lowest BCUT2D eigenvalue weighted by molar-refractivity contribution is 0.242. The number of hydrogen-bond acceptors (Lipinski definition) is 4. The van der Waals surface area contributed by atoms with E-state index in [4.69, 9.17) is 10.6 Å². The van der Waals surface area contributed by atoms with Gasteiger partial charge in [-0.05, 0) is 60.4 Å². The summed E-state index contributed by atoms with van der Waals surface area (Å²) < 4.78 is 5.72. The molecule has 0 bridgehead atoms. The molecule has 0 spiro atoms. The molecule has 0 aliphatic heterocycles. The molecule has 3 nitrogen and oxygen atoms in total. The topological polar surface area (TPSA) is 47.3 Å². The van der Waals surface area contributed by atoms with Crippen LogP contribution in [0.3, 0.4) is 0 Å². The van der Waals surface area contributed by atoms with E-state index in [2.05, 4.69) is 34.4 Å². The maximum absolute atomic E-state index is 5.72. The van der Waals surface area contributed by atoms with E-state index in [9.17, 15) is 0 Å². The highest BCUT2D eigenvalue weighted by Crippen LogP contribution is 2.23.